The third-order valence-electron chi connectivity index (χ3n) is 4.93. The van der Waals surface area contributed by atoms with E-state index in [2.05, 4.69) is 10.3 Å². The maximum Gasteiger partial charge on any atom is 0.407 e. The van der Waals surface area contributed by atoms with Gasteiger partial charge in [0, 0.05) is 18.7 Å². The number of hydrogen-bond donors (Lipinski definition) is 1. The van der Waals surface area contributed by atoms with Crippen molar-refractivity contribution < 1.29 is 57.1 Å². The van der Waals surface area contributed by atoms with Crippen LogP contribution in [0.5, 0.6) is 5.88 Å². The third-order valence-corrected chi connectivity index (χ3v) is 4.93. The summed E-state index contributed by atoms with van der Waals surface area (Å²) in [5.74, 6) is 0.302. The molecule has 0 atom stereocenters. The van der Waals surface area contributed by atoms with E-state index in [1.165, 1.54) is 12.1 Å². The Kier molecular flexibility index (Phi) is 23.8. The van der Waals surface area contributed by atoms with E-state index >= 15 is 0 Å². The monoisotopic (exact) mass is 635 g/mol. The molecule has 0 aromatic carbocycles. The van der Waals surface area contributed by atoms with E-state index in [4.69, 9.17) is 47.4 Å². The molecule has 254 valence electrons. The minimum Gasteiger partial charge on any atom is -0.475 e. The summed E-state index contributed by atoms with van der Waals surface area (Å²) in [5.41, 5.74) is -0.606. The summed E-state index contributed by atoms with van der Waals surface area (Å²) in [7, 11) is 0. The summed E-state index contributed by atoms with van der Waals surface area (Å²) in [6.45, 7) is 13.2. The van der Waals surface area contributed by atoms with Gasteiger partial charge >= 0.3 is 6.09 Å². The molecule has 16 nitrogen and oxygen atoms in total. The molecule has 0 fully saturated rings. The zero-order valence-corrected chi connectivity index (χ0v) is 26.2. The van der Waals surface area contributed by atoms with Crippen molar-refractivity contribution in [2.75, 3.05) is 119 Å². The predicted molar refractivity (Wildman–Crippen MR) is 157 cm³/mol. The van der Waals surface area contributed by atoms with E-state index in [0.29, 0.717) is 118 Å². The van der Waals surface area contributed by atoms with Crippen LogP contribution < -0.4 is 10.1 Å². The van der Waals surface area contributed by atoms with Gasteiger partial charge in [-0.2, -0.15) is 0 Å². The van der Waals surface area contributed by atoms with Crippen LogP contribution in [0.25, 0.3) is 0 Å². The molecule has 0 aliphatic heterocycles. The Bertz CT molecular complexity index is 841. The fourth-order valence-corrected chi connectivity index (χ4v) is 2.95. The molecular weight excluding hydrogens is 586 g/mol. The number of hydrogen-bond acceptors (Lipinski definition) is 14. The number of carbonyl (C=O) groups excluding carboxylic acids is 1. The molecule has 1 amide bonds. The van der Waals surface area contributed by atoms with Gasteiger partial charge in [-0.15, -0.1) is 0 Å². The van der Waals surface area contributed by atoms with Crippen LogP contribution in [0.1, 0.15) is 20.8 Å². The molecule has 0 aliphatic rings. The minimum absolute atomic E-state index is 0.0886. The first kappa shape index (κ1) is 39.3. The summed E-state index contributed by atoms with van der Waals surface area (Å²) in [6.07, 6.45) is 0.685. The second kappa shape index (κ2) is 26.7. The Morgan fingerprint density at radius 2 is 1.07 bits per heavy atom. The van der Waals surface area contributed by atoms with Crippen molar-refractivity contribution in [3.63, 3.8) is 0 Å². The van der Waals surface area contributed by atoms with Gasteiger partial charge in [0.2, 0.25) is 5.88 Å². The van der Waals surface area contributed by atoms with Crippen LogP contribution in [0.3, 0.4) is 0 Å². The molecule has 1 aromatic heterocycles. The van der Waals surface area contributed by atoms with Crippen molar-refractivity contribution in [2.45, 2.75) is 26.4 Å². The normalized spacial score (nSPS) is 11.4. The molecule has 0 radical (unpaired) electrons. The lowest BCUT2D eigenvalue weighted by molar-refractivity contribution is -0.385. The van der Waals surface area contributed by atoms with Crippen LogP contribution in [0.4, 0.5) is 10.5 Å². The number of nitrogens with one attached hydrogen (secondary N) is 1. The highest BCUT2D eigenvalue weighted by molar-refractivity contribution is 5.67. The van der Waals surface area contributed by atoms with Crippen molar-refractivity contribution >= 4 is 11.8 Å². The van der Waals surface area contributed by atoms with E-state index < -0.39 is 16.6 Å². The Balaban J connectivity index is 1.69. The fourth-order valence-electron chi connectivity index (χ4n) is 2.95. The first-order valence-electron chi connectivity index (χ1n) is 14.6. The molecule has 0 saturated carbocycles. The lowest BCUT2D eigenvalue weighted by Crippen LogP contribution is -2.34. The SMILES string of the molecule is CC(C)(C)OC(=O)NCCOCCOCCOCCOCCOCCOCCOCCOCCOc1ccc([N+](=O)[O-])cn1. The standard InChI is InChI=1S/C28H49N3O13/c1-28(2,3)44-27(32)29-6-7-35-8-9-36-10-11-37-12-13-38-14-15-39-16-17-40-18-19-41-20-21-42-22-23-43-26-5-4-25(24-30-26)31(33)34/h4-5,24H,6-23H2,1-3H3,(H,29,32). The molecule has 1 aromatic rings. The Hall–Kier alpha value is -2.70. The van der Waals surface area contributed by atoms with Gasteiger partial charge in [-0.1, -0.05) is 0 Å². The second-order valence-electron chi connectivity index (χ2n) is 9.79. The number of nitro groups is 1. The van der Waals surface area contributed by atoms with Crippen molar-refractivity contribution in [1.82, 2.24) is 10.3 Å². The average molecular weight is 636 g/mol. The highest BCUT2D eigenvalue weighted by atomic mass is 16.6. The highest BCUT2D eigenvalue weighted by Gasteiger charge is 2.15. The predicted octanol–water partition coefficient (Wildman–Crippen LogP) is 2.03. The Labute approximate surface area is 259 Å². The van der Waals surface area contributed by atoms with Crippen molar-refractivity contribution in [3.05, 3.63) is 28.4 Å². The van der Waals surface area contributed by atoms with Crippen molar-refractivity contribution in [3.8, 4) is 5.88 Å². The molecule has 1 rings (SSSR count). The molecule has 1 heterocycles. The van der Waals surface area contributed by atoms with Crippen molar-refractivity contribution in [1.29, 1.82) is 0 Å². The lowest BCUT2D eigenvalue weighted by Gasteiger charge is -2.19. The van der Waals surface area contributed by atoms with Gasteiger partial charge in [-0.3, -0.25) is 10.1 Å². The van der Waals surface area contributed by atoms with Gasteiger partial charge in [0.05, 0.1) is 111 Å². The number of alkyl carbamates (subject to hydrolysis) is 1. The number of pyridine rings is 1. The number of rotatable bonds is 29. The number of aromatic nitrogens is 1. The van der Waals surface area contributed by atoms with E-state index in [-0.39, 0.29) is 12.3 Å². The summed E-state index contributed by atoms with van der Waals surface area (Å²) >= 11 is 0. The van der Waals surface area contributed by atoms with Crippen LogP contribution in [-0.4, -0.2) is 140 Å². The molecule has 0 spiro atoms. The fraction of sp³-hybridized carbons (Fsp3) is 0.786. The van der Waals surface area contributed by atoms with Crippen LogP contribution in [0.15, 0.2) is 18.3 Å². The van der Waals surface area contributed by atoms with E-state index in [9.17, 15) is 14.9 Å². The molecule has 16 heteroatoms. The zero-order chi connectivity index (χ0) is 32.1. The Morgan fingerprint density at radius 3 is 1.41 bits per heavy atom. The third kappa shape index (κ3) is 25.8. The summed E-state index contributed by atoms with van der Waals surface area (Å²) < 4.78 is 53.8. The van der Waals surface area contributed by atoms with Gasteiger partial charge in [0.15, 0.2) is 0 Å². The first-order valence-corrected chi connectivity index (χ1v) is 14.6. The van der Waals surface area contributed by atoms with Gasteiger partial charge < -0.3 is 52.7 Å². The molecule has 1 N–H and O–H groups in total. The number of ether oxygens (including phenoxy) is 10. The van der Waals surface area contributed by atoms with Crippen LogP contribution >= 0.6 is 0 Å². The highest BCUT2D eigenvalue weighted by Crippen LogP contribution is 2.13. The summed E-state index contributed by atoms with van der Waals surface area (Å²) in [4.78, 5) is 25.4. The molecule has 0 aliphatic carbocycles. The first-order chi connectivity index (χ1) is 21.3. The van der Waals surface area contributed by atoms with E-state index in [1.54, 1.807) is 0 Å². The van der Waals surface area contributed by atoms with Crippen LogP contribution in [-0.2, 0) is 42.6 Å². The Morgan fingerprint density at radius 1 is 0.682 bits per heavy atom. The van der Waals surface area contributed by atoms with Crippen LogP contribution in [0, 0.1) is 10.1 Å². The molecule has 0 saturated heterocycles. The molecular formula is C28H49N3O13. The number of nitrogens with zero attached hydrogens (tertiary/aromatic N) is 2. The number of carbonyl (C=O) groups is 1. The van der Waals surface area contributed by atoms with E-state index in [0.717, 1.165) is 6.20 Å². The summed E-state index contributed by atoms with van der Waals surface area (Å²) in [5, 5.41) is 13.2. The molecule has 0 bridgehead atoms. The van der Waals surface area contributed by atoms with Gasteiger partial charge in [0.25, 0.3) is 5.69 Å². The largest absolute Gasteiger partial charge is 0.475 e. The molecule has 44 heavy (non-hydrogen) atoms. The number of amides is 1. The maximum atomic E-state index is 11.5. The van der Waals surface area contributed by atoms with Gasteiger partial charge in [-0.05, 0) is 20.8 Å². The second-order valence-corrected chi connectivity index (χ2v) is 9.79. The molecule has 0 unspecified atom stereocenters. The van der Waals surface area contributed by atoms with Gasteiger partial charge in [0.1, 0.15) is 18.4 Å². The minimum atomic E-state index is -0.518. The van der Waals surface area contributed by atoms with Gasteiger partial charge in [-0.25, -0.2) is 9.78 Å². The maximum absolute atomic E-state index is 11.5. The average Bonchev–Trinajstić information content (AvgIpc) is 2.98. The lowest BCUT2D eigenvalue weighted by atomic mass is 10.2. The quantitative estimate of drug-likeness (QED) is 0.0768. The smallest absolute Gasteiger partial charge is 0.407 e. The van der Waals surface area contributed by atoms with Crippen molar-refractivity contribution in [2.24, 2.45) is 0 Å². The zero-order valence-electron chi connectivity index (χ0n) is 26.2. The topological polar surface area (TPSA) is 177 Å². The van der Waals surface area contributed by atoms with E-state index in [1.807, 2.05) is 20.8 Å². The summed E-state index contributed by atoms with van der Waals surface area (Å²) in [6, 6.07) is 2.77. The van der Waals surface area contributed by atoms with Crippen LogP contribution in [0.2, 0.25) is 0 Å².